The Morgan fingerprint density at radius 1 is 0.952 bits per heavy atom. The van der Waals surface area contributed by atoms with Crippen LogP contribution in [-0.4, -0.2) is 24.4 Å². The van der Waals surface area contributed by atoms with E-state index in [4.69, 9.17) is 0 Å². The maximum absolute atomic E-state index is 11.8. The zero-order chi connectivity index (χ0) is 14.9. The first-order valence-electron chi connectivity index (χ1n) is 7.27. The standard InChI is InChI=1S/C18H22N2O/c1-20(15-17-10-6-3-7-11-17)13-12-18(21)19-14-16-8-4-2-5-9-16/h2-11H,12-15H2,1H3,(H,19,21). The summed E-state index contributed by atoms with van der Waals surface area (Å²) in [4.78, 5) is 14.0. The molecule has 3 nitrogen and oxygen atoms in total. The van der Waals surface area contributed by atoms with Crippen LogP contribution in [0.2, 0.25) is 0 Å². The third-order valence-corrected chi connectivity index (χ3v) is 3.35. The van der Waals surface area contributed by atoms with Gasteiger partial charge in [0.05, 0.1) is 0 Å². The van der Waals surface area contributed by atoms with E-state index in [1.54, 1.807) is 0 Å². The lowest BCUT2D eigenvalue weighted by molar-refractivity contribution is -0.121. The normalized spacial score (nSPS) is 10.6. The lowest BCUT2D eigenvalue weighted by atomic mass is 10.2. The number of benzene rings is 2. The predicted octanol–water partition coefficient (Wildman–Crippen LogP) is 2.82. The summed E-state index contributed by atoms with van der Waals surface area (Å²) >= 11 is 0. The zero-order valence-electron chi connectivity index (χ0n) is 12.5. The molecule has 2 aromatic rings. The molecular weight excluding hydrogens is 260 g/mol. The van der Waals surface area contributed by atoms with E-state index in [2.05, 4.69) is 22.3 Å². The Hall–Kier alpha value is -2.13. The molecule has 0 aliphatic rings. The molecule has 0 saturated heterocycles. The Labute approximate surface area is 126 Å². The predicted molar refractivity (Wildman–Crippen MR) is 85.7 cm³/mol. The highest BCUT2D eigenvalue weighted by molar-refractivity contribution is 5.76. The summed E-state index contributed by atoms with van der Waals surface area (Å²) in [6.07, 6.45) is 0.524. The van der Waals surface area contributed by atoms with Crippen molar-refractivity contribution in [3.8, 4) is 0 Å². The topological polar surface area (TPSA) is 32.3 Å². The third kappa shape index (κ3) is 5.79. The summed E-state index contributed by atoms with van der Waals surface area (Å²) in [5.41, 5.74) is 2.40. The van der Waals surface area contributed by atoms with Gasteiger partial charge in [-0.05, 0) is 18.2 Å². The number of carbonyl (C=O) groups is 1. The average Bonchev–Trinajstić information content (AvgIpc) is 2.53. The Morgan fingerprint density at radius 3 is 2.14 bits per heavy atom. The van der Waals surface area contributed by atoms with Crippen LogP contribution in [-0.2, 0) is 17.9 Å². The van der Waals surface area contributed by atoms with Gasteiger partial charge >= 0.3 is 0 Å². The second-order valence-electron chi connectivity index (χ2n) is 5.24. The van der Waals surface area contributed by atoms with Crippen LogP contribution >= 0.6 is 0 Å². The van der Waals surface area contributed by atoms with Crippen molar-refractivity contribution in [1.29, 1.82) is 0 Å². The SMILES string of the molecule is CN(CCC(=O)NCc1ccccc1)Cc1ccccc1. The molecule has 0 spiro atoms. The number of carbonyl (C=O) groups excluding carboxylic acids is 1. The van der Waals surface area contributed by atoms with Crippen LogP contribution < -0.4 is 5.32 Å². The molecule has 0 aliphatic heterocycles. The molecule has 21 heavy (non-hydrogen) atoms. The summed E-state index contributed by atoms with van der Waals surface area (Å²) in [5, 5.41) is 2.95. The van der Waals surface area contributed by atoms with Crippen molar-refractivity contribution < 1.29 is 4.79 Å². The molecule has 0 heterocycles. The fourth-order valence-corrected chi connectivity index (χ4v) is 2.15. The van der Waals surface area contributed by atoms with Gasteiger partial charge in [-0.3, -0.25) is 4.79 Å². The zero-order valence-corrected chi connectivity index (χ0v) is 12.5. The van der Waals surface area contributed by atoms with Gasteiger partial charge in [0.25, 0.3) is 0 Å². The van der Waals surface area contributed by atoms with Gasteiger partial charge < -0.3 is 10.2 Å². The largest absolute Gasteiger partial charge is 0.352 e. The minimum atomic E-state index is 0.0961. The Balaban J connectivity index is 1.66. The van der Waals surface area contributed by atoms with E-state index < -0.39 is 0 Å². The maximum atomic E-state index is 11.8. The number of rotatable bonds is 7. The highest BCUT2D eigenvalue weighted by Crippen LogP contribution is 2.03. The number of nitrogens with zero attached hydrogens (tertiary/aromatic N) is 1. The van der Waals surface area contributed by atoms with Crippen molar-refractivity contribution in [2.45, 2.75) is 19.5 Å². The van der Waals surface area contributed by atoms with E-state index in [0.717, 1.165) is 18.7 Å². The molecule has 0 aromatic heterocycles. The minimum Gasteiger partial charge on any atom is -0.352 e. The van der Waals surface area contributed by atoms with Gasteiger partial charge in [-0.1, -0.05) is 60.7 Å². The lowest BCUT2D eigenvalue weighted by Crippen LogP contribution is -2.28. The fraction of sp³-hybridized carbons (Fsp3) is 0.278. The summed E-state index contributed by atoms with van der Waals surface area (Å²) in [6.45, 7) is 2.23. The van der Waals surface area contributed by atoms with E-state index >= 15 is 0 Å². The maximum Gasteiger partial charge on any atom is 0.221 e. The van der Waals surface area contributed by atoms with E-state index in [0.29, 0.717) is 13.0 Å². The minimum absolute atomic E-state index is 0.0961. The van der Waals surface area contributed by atoms with Crippen LogP contribution in [0.1, 0.15) is 17.5 Å². The molecule has 0 unspecified atom stereocenters. The Morgan fingerprint density at radius 2 is 1.52 bits per heavy atom. The Kier molecular flexibility index (Phi) is 5.98. The van der Waals surface area contributed by atoms with Gasteiger partial charge in [0.15, 0.2) is 0 Å². The first-order chi connectivity index (χ1) is 10.2. The lowest BCUT2D eigenvalue weighted by Gasteiger charge is -2.16. The number of hydrogen-bond acceptors (Lipinski definition) is 2. The molecular formula is C18H22N2O. The highest BCUT2D eigenvalue weighted by Gasteiger charge is 2.05. The monoisotopic (exact) mass is 282 g/mol. The molecule has 2 aromatic carbocycles. The van der Waals surface area contributed by atoms with Crippen molar-refractivity contribution >= 4 is 5.91 Å². The first kappa shape index (κ1) is 15.3. The third-order valence-electron chi connectivity index (χ3n) is 3.35. The first-order valence-corrected chi connectivity index (χ1v) is 7.27. The van der Waals surface area contributed by atoms with Gasteiger partial charge in [0.2, 0.25) is 5.91 Å². The van der Waals surface area contributed by atoms with Crippen LogP contribution in [0, 0.1) is 0 Å². The van der Waals surface area contributed by atoms with Gasteiger partial charge in [-0.15, -0.1) is 0 Å². The van der Waals surface area contributed by atoms with Crippen LogP contribution in [0.4, 0.5) is 0 Å². The summed E-state index contributed by atoms with van der Waals surface area (Å²) in [5.74, 6) is 0.0961. The summed E-state index contributed by atoms with van der Waals surface area (Å²) in [7, 11) is 2.04. The second-order valence-corrected chi connectivity index (χ2v) is 5.24. The molecule has 0 fully saturated rings. The molecule has 2 rings (SSSR count). The molecule has 0 bridgehead atoms. The van der Waals surface area contributed by atoms with E-state index in [-0.39, 0.29) is 5.91 Å². The average molecular weight is 282 g/mol. The van der Waals surface area contributed by atoms with Crippen molar-refractivity contribution in [2.24, 2.45) is 0 Å². The molecule has 0 atom stereocenters. The van der Waals surface area contributed by atoms with Gasteiger partial charge in [0.1, 0.15) is 0 Å². The number of amides is 1. The Bertz CT molecular complexity index is 540. The second kappa shape index (κ2) is 8.22. The smallest absolute Gasteiger partial charge is 0.221 e. The van der Waals surface area contributed by atoms with Gasteiger partial charge in [-0.25, -0.2) is 0 Å². The van der Waals surface area contributed by atoms with Crippen LogP contribution in [0.5, 0.6) is 0 Å². The summed E-state index contributed by atoms with van der Waals surface area (Å²) in [6, 6.07) is 20.3. The van der Waals surface area contributed by atoms with Gasteiger partial charge in [0, 0.05) is 26.1 Å². The number of hydrogen-bond donors (Lipinski definition) is 1. The van der Waals surface area contributed by atoms with E-state index in [1.807, 2.05) is 55.6 Å². The van der Waals surface area contributed by atoms with Crippen LogP contribution in [0.15, 0.2) is 60.7 Å². The molecule has 3 heteroatoms. The summed E-state index contributed by atoms with van der Waals surface area (Å²) < 4.78 is 0. The van der Waals surface area contributed by atoms with Gasteiger partial charge in [-0.2, -0.15) is 0 Å². The van der Waals surface area contributed by atoms with E-state index in [9.17, 15) is 4.79 Å². The van der Waals surface area contributed by atoms with Crippen LogP contribution in [0.25, 0.3) is 0 Å². The van der Waals surface area contributed by atoms with Crippen molar-refractivity contribution in [2.75, 3.05) is 13.6 Å². The molecule has 1 amide bonds. The highest BCUT2D eigenvalue weighted by atomic mass is 16.1. The van der Waals surface area contributed by atoms with Crippen molar-refractivity contribution in [3.05, 3.63) is 71.8 Å². The molecule has 1 N–H and O–H groups in total. The number of nitrogens with one attached hydrogen (secondary N) is 1. The molecule has 0 aliphatic carbocycles. The quantitative estimate of drug-likeness (QED) is 0.847. The van der Waals surface area contributed by atoms with Crippen molar-refractivity contribution in [1.82, 2.24) is 10.2 Å². The molecule has 110 valence electrons. The van der Waals surface area contributed by atoms with Crippen molar-refractivity contribution in [3.63, 3.8) is 0 Å². The molecule has 0 radical (unpaired) electrons. The van der Waals surface area contributed by atoms with Crippen LogP contribution in [0.3, 0.4) is 0 Å². The van der Waals surface area contributed by atoms with E-state index in [1.165, 1.54) is 5.56 Å². The molecule has 0 saturated carbocycles. The fourth-order valence-electron chi connectivity index (χ4n) is 2.15.